The van der Waals surface area contributed by atoms with Crippen molar-refractivity contribution >= 4 is 16.3 Å². The van der Waals surface area contributed by atoms with Gasteiger partial charge in [-0.2, -0.15) is 5.48 Å². The fourth-order valence-electron chi connectivity index (χ4n) is 0.879. The first-order valence-corrected chi connectivity index (χ1v) is 5.12. The lowest BCUT2D eigenvalue weighted by molar-refractivity contribution is -0.380. The van der Waals surface area contributed by atoms with Crippen molar-refractivity contribution in [2.24, 2.45) is 0 Å². The number of thiophene rings is 1. The van der Waals surface area contributed by atoms with E-state index in [9.17, 15) is 10.1 Å². The van der Waals surface area contributed by atoms with E-state index in [1.54, 1.807) is 13.2 Å². The topological polar surface area (TPSA) is 73.6 Å². The Labute approximate surface area is 90.9 Å². The molecule has 0 unspecified atom stereocenters. The third-order valence-electron chi connectivity index (χ3n) is 1.57. The number of methoxy groups -OCH3 is 1. The molecule has 6 nitrogen and oxygen atoms in total. The Balaban J connectivity index is 2.23. The van der Waals surface area contributed by atoms with Crippen LogP contribution in [-0.2, 0) is 16.1 Å². The van der Waals surface area contributed by atoms with Gasteiger partial charge in [0.05, 0.1) is 24.7 Å². The van der Waals surface area contributed by atoms with Crippen LogP contribution in [0.1, 0.15) is 4.88 Å². The Morgan fingerprint density at radius 3 is 2.93 bits per heavy atom. The van der Waals surface area contributed by atoms with Crippen molar-refractivity contribution in [1.29, 1.82) is 0 Å². The molecule has 0 fully saturated rings. The number of nitro groups is 1. The van der Waals surface area contributed by atoms with Crippen LogP contribution in [0.2, 0.25) is 0 Å². The molecule has 1 N–H and O–H groups in total. The van der Waals surface area contributed by atoms with Crippen LogP contribution in [0.3, 0.4) is 0 Å². The molecule has 1 aromatic rings. The van der Waals surface area contributed by atoms with Gasteiger partial charge in [-0.15, -0.1) is 0 Å². The van der Waals surface area contributed by atoms with Gasteiger partial charge in [0.2, 0.25) is 0 Å². The first-order chi connectivity index (χ1) is 7.24. The Kier molecular flexibility index (Phi) is 5.19. The zero-order chi connectivity index (χ0) is 11.1. The summed E-state index contributed by atoms with van der Waals surface area (Å²) in [5.74, 6) is 0. The summed E-state index contributed by atoms with van der Waals surface area (Å²) in [6.07, 6.45) is 0. The van der Waals surface area contributed by atoms with Crippen molar-refractivity contribution in [3.8, 4) is 0 Å². The molecule has 1 aromatic heterocycles. The molecule has 0 amide bonds. The van der Waals surface area contributed by atoms with Gasteiger partial charge < -0.3 is 4.74 Å². The van der Waals surface area contributed by atoms with Gasteiger partial charge in [-0.3, -0.25) is 15.0 Å². The molecule has 0 saturated heterocycles. The highest BCUT2D eigenvalue weighted by atomic mass is 32.1. The molecule has 0 aliphatic heterocycles. The molecule has 0 aliphatic carbocycles. The summed E-state index contributed by atoms with van der Waals surface area (Å²) >= 11 is 1.13. The van der Waals surface area contributed by atoms with E-state index in [2.05, 4.69) is 5.48 Å². The standard InChI is InChI=1S/C8H12N2O4S/c1-13-4-5-14-9-6-7-2-3-8(15-7)10(11)12/h2-3,9H,4-6H2,1H3. The molecule has 0 bridgehead atoms. The Morgan fingerprint density at radius 1 is 1.53 bits per heavy atom. The largest absolute Gasteiger partial charge is 0.382 e. The smallest absolute Gasteiger partial charge is 0.324 e. The first-order valence-electron chi connectivity index (χ1n) is 4.30. The zero-order valence-electron chi connectivity index (χ0n) is 8.26. The first kappa shape index (κ1) is 12.1. The maximum Gasteiger partial charge on any atom is 0.324 e. The summed E-state index contributed by atoms with van der Waals surface area (Å²) in [5, 5.41) is 10.5. The van der Waals surface area contributed by atoms with Crippen molar-refractivity contribution in [1.82, 2.24) is 5.48 Å². The van der Waals surface area contributed by atoms with Gasteiger partial charge in [0, 0.05) is 18.1 Å². The van der Waals surface area contributed by atoms with E-state index in [1.807, 2.05) is 0 Å². The molecule has 0 saturated carbocycles. The van der Waals surface area contributed by atoms with Gasteiger partial charge >= 0.3 is 5.00 Å². The lowest BCUT2D eigenvalue weighted by Crippen LogP contribution is -2.16. The highest BCUT2D eigenvalue weighted by Crippen LogP contribution is 2.23. The van der Waals surface area contributed by atoms with Gasteiger partial charge in [0.1, 0.15) is 0 Å². The number of hydroxylamine groups is 1. The molecular weight excluding hydrogens is 220 g/mol. The third-order valence-corrected chi connectivity index (χ3v) is 2.60. The molecule has 7 heteroatoms. The summed E-state index contributed by atoms with van der Waals surface area (Å²) in [5.41, 5.74) is 2.70. The number of hydrogen-bond acceptors (Lipinski definition) is 6. The van der Waals surface area contributed by atoms with Crippen LogP contribution in [-0.4, -0.2) is 25.2 Å². The predicted molar refractivity (Wildman–Crippen MR) is 55.6 cm³/mol. The van der Waals surface area contributed by atoms with Gasteiger partial charge in [-0.1, -0.05) is 11.3 Å². The molecule has 0 aromatic carbocycles. The average Bonchev–Trinajstić information content (AvgIpc) is 2.66. The minimum absolute atomic E-state index is 0.142. The van der Waals surface area contributed by atoms with Crippen LogP contribution in [0, 0.1) is 10.1 Å². The molecule has 0 atom stereocenters. The van der Waals surface area contributed by atoms with Crippen LogP contribution in [0.25, 0.3) is 0 Å². The number of nitrogens with one attached hydrogen (secondary N) is 1. The van der Waals surface area contributed by atoms with Crippen molar-refractivity contribution in [2.75, 3.05) is 20.3 Å². The fraction of sp³-hybridized carbons (Fsp3) is 0.500. The number of ether oxygens (including phenoxy) is 1. The summed E-state index contributed by atoms with van der Waals surface area (Å²) in [4.78, 5) is 15.8. The quantitative estimate of drug-likeness (QED) is 0.436. The second kappa shape index (κ2) is 6.46. The van der Waals surface area contributed by atoms with Crippen LogP contribution >= 0.6 is 11.3 Å². The normalized spacial score (nSPS) is 10.5. The maximum absolute atomic E-state index is 10.4. The highest BCUT2D eigenvalue weighted by Gasteiger charge is 2.08. The van der Waals surface area contributed by atoms with Crippen LogP contribution < -0.4 is 5.48 Å². The van der Waals surface area contributed by atoms with Crippen LogP contribution in [0.5, 0.6) is 0 Å². The molecule has 1 rings (SSSR count). The highest BCUT2D eigenvalue weighted by molar-refractivity contribution is 7.15. The molecule has 0 radical (unpaired) electrons. The molecule has 84 valence electrons. The Morgan fingerprint density at radius 2 is 2.33 bits per heavy atom. The monoisotopic (exact) mass is 232 g/mol. The van der Waals surface area contributed by atoms with E-state index >= 15 is 0 Å². The fourth-order valence-corrected chi connectivity index (χ4v) is 1.63. The van der Waals surface area contributed by atoms with Crippen LogP contribution in [0.15, 0.2) is 12.1 Å². The Bertz CT molecular complexity index is 315. The molecule has 1 heterocycles. The summed E-state index contributed by atoms with van der Waals surface area (Å²) in [6, 6.07) is 3.19. The number of rotatable bonds is 7. The SMILES string of the molecule is COCCONCc1ccc([N+](=O)[O-])s1. The third kappa shape index (κ3) is 4.34. The maximum atomic E-state index is 10.4. The lowest BCUT2D eigenvalue weighted by Gasteiger charge is -2.02. The van der Waals surface area contributed by atoms with Crippen molar-refractivity contribution < 1.29 is 14.5 Å². The summed E-state index contributed by atoms with van der Waals surface area (Å²) in [6.45, 7) is 1.42. The molecule has 0 spiro atoms. The van der Waals surface area contributed by atoms with Gasteiger partial charge in [0.25, 0.3) is 0 Å². The van der Waals surface area contributed by atoms with Gasteiger partial charge in [-0.25, -0.2) is 0 Å². The number of hydrogen-bond donors (Lipinski definition) is 1. The van der Waals surface area contributed by atoms with Crippen LogP contribution in [0.4, 0.5) is 5.00 Å². The van der Waals surface area contributed by atoms with Gasteiger partial charge in [-0.05, 0) is 6.07 Å². The Hall–Kier alpha value is -1.02. The summed E-state index contributed by atoms with van der Waals surface area (Å²) < 4.78 is 4.78. The predicted octanol–water partition coefficient (Wildman–Crippen LogP) is 1.32. The zero-order valence-corrected chi connectivity index (χ0v) is 9.08. The van der Waals surface area contributed by atoms with Crippen molar-refractivity contribution in [2.45, 2.75) is 6.54 Å². The second-order valence-electron chi connectivity index (χ2n) is 2.66. The van der Waals surface area contributed by atoms with Crippen molar-refractivity contribution in [3.05, 3.63) is 27.1 Å². The van der Waals surface area contributed by atoms with E-state index < -0.39 is 4.92 Å². The van der Waals surface area contributed by atoms with E-state index in [-0.39, 0.29) is 5.00 Å². The molecule has 0 aliphatic rings. The number of nitrogens with zero attached hydrogens (tertiary/aromatic N) is 1. The minimum Gasteiger partial charge on any atom is -0.382 e. The van der Waals surface area contributed by atoms with E-state index in [0.29, 0.717) is 19.8 Å². The van der Waals surface area contributed by atoms with E-state index in [0.717, 1.165) is 16.2 Å². The van der Waals surface area contributed by atoms with Gasteiger partial charge in [0.15, 0.2) is 0 Å². The summed E-state index contributed by atoms with van der Waals surface area (Å²) in [7, 11) is 1.59. The average molecular weight is 232 g/mol. The van der Waals surface area contributed by atoms with Crippen molar-refractivity contribution in [3.63, 3.8) is 0 Å². The molecular formula is C8H12N2O4S. The van der Waals surface area contributed by atoms with E-state index in [4.69, 9.17) is 9.57 Å². The lowest BCUT2D eigenvalue weighted by atomic mass is 10.5. The molecule has 15 heavy (non-hydrogen) atoms. The van der Waals surface area contributed by atoms with E-state index in [1.165, 1.54) is 6.07 Å². The second-order valence-corrected chi connectivity index (χ2v) is 3.81. The minimum atomic E-state index is -0.403.